The Bertz CT molecular complexity index is 1620. The van der Waals surface area contributed by atoms with E-state index < -0.39 is 0 Å². The Kier molecular flexibility index (Phi) is 16.6. The molecule has 0 aromatic heterocycles. The minimum absolute atomic E-state index is 0. The van der Waals surface area contributed by atoms with Gasteiger partial charge in [-0.05, 0) is 47.5 Å². The molecule has 12 heteroatoms. The summed E-state index contributed by atoms with van der Waals surface area (Å²) >= 11 is 0. The number of carbonyl (C=O) groups excluding carboxylic acids is 3. The first kappa shape index (κ1) is 43.2. The molecule has 2 fully saturated rings. The van der Waals surface area contributed by atoms with Crippen LogP contribution in [0.4, 0.5) is 11.4 Å². The number of esters is 2. The molecule has 2 aliphatic heterocycles. The SMILES string of the molecule is C=C(C[N+]1(C)CCN(c2ccc(/C=C/C(=O)/C=C(O)/C=C/c3ccc(N4CC[N+](C)(CC(=C)C(=O)OC)CC4)cc3)cc2)CC1)C(=O)OC.[Br-].[Br-]. The molecule has 0 unspecified atom stereocenters. The zero-order valence-electron chi connectivity index (χ0n) is 30.0. The molecule has 0 radical (unpaired) electrons. The number of rotatable bonds is 13. The van der Waals surface area contributed by atoms with Gasteiger partial charge in [-0.15, -0.1) is 0 Å². The number of methoxy groups -OCH3 is 2. The first-order valence-corrected chi connectivity index (χ1v) is 16.5. The topological polar surface area (TPSA) is 96.4 Å². The van der Waals surface area contributed by atoms with Crippen LogP contribution in [0, 0.1) is 0 Å². The summed E-state index contributed by atoms with van der Waals surface area (Å²) in [6.45, 7) is 15.9. The van der Waals surface area contributed by atoms with Crippen LogP contribution in [0.5, 0.6) is 0 Å². The fourth-order valence-corrected chi connectivity index (χ4v) is 6.26. The predicted molar refractivity (Wildman–Crippen MR) is 195 cm³/mol. The second-order valence-electron chi connectivity index (χ2n) is 13.4. The maximum atomic E-state index is 12.5. The van der Waals surface area contributed by atoms with E-state index in [2.05, 4.69) is 49.2 Å². The number of ether oxygens (including phenoxy) is 2. The Morgan fingerprint density at radius 2 is 1.04 bits per heavy atom. The van der Waals surface area contributed by atoms with Crippen LogP contribution in [-0.4, -0.2) is 126 Å². The Labute approximate surface area is 323 Å². The van der Waals surface area contributed by atoms with Crippen LogP contribution >= 0.6 is 0 Å². The van der Waals surface area contributed by atoms with E-state index in [9.17, 15) is 19.5 Å². The molecular weight excluding hydrogens is 780 g/mol. The zero-order chi connectivity index (χ0) is 35.6. The van der Waals surface area contributed by atoms with Crippen LogP contribution in [0.1, 0.15) is 11.1 Å². The van der Waals surface area contributed by atoms with E-state index in [-0.39, 0.29) is 57.4 Å². The van der Waals surface area contributed by atoms with E-state index >= 15 is 0 Å². The van der Waals surface area contributed by atoms with Gasteiger partial charge >= 0.3 is 11.9 Å². The molecule has 0 saturated carbocycles. The molecule has 4 rings (SSSR count). The van der Waals surface area contributed by atoms with E-state index in [0.29, 0.717) is 24.2 Å². The van der Waals surface area contributed by atoms with Gasteiger partial charge < -0.3 is 67.3 Å². The van der Waals surface area contributed by atoms with Gasteiger partial charge in [0.2, 0.25) is 0 Å². The fraction of sp³-hybridized carbons (Fsp3) is 0.359. The number of nitrogens with zero attached hydrogens (tertiary/aromatic N) is 4. The van der Waals surface area contributed by atoms with Crippen LogP contribution in [-0.2, 0) is 23.9 Å². The molecule has 51 heavy (non-hydrogen) atoms. The molecule has 2 aliphatic rings. The lowest BCUT2D eigenvalue weighted by Crippen LogP contribution is -3.00. The van der Waals surface area contributed by atoms with E-state index in [1.165, 1.54) is 32.4 Å². The lowest BCUT2D eigenvalue weighted by molar-refractivity contribution is -0.905. The van der Waals surface area contributed by atoms with Crippen molar-refractivity contribution in [2.45, 2.75) is 0 Å². The number of hydrogen-bond donors (Lipinski definition) is 1. The molecule has 2 heterocycles. The first-order chi connectivity index (χ1) is 23.3. The van der Waals surface area contributed by atoms with E-state index in [1.807, 2.05) is 36.4 Å². The summed E-state index contributed by atoms with van der Waals surface area (Å²) in [5, 5.41) is 10.3. The van der Waals surface area contributed by atoms with Crippen molar-refractivity contribution in [3.05, 3.63) is 108 Å². The van der Waals surface area contributed by atoms with Gasteiger partial charge in [0.1, 0.15) is 18.8 Å². The van der Waals surface area contributed by atoms with Crippen molar-refractivity contribution >= 4 is 41.2 Å². The van der Waals surface area contributed by atoms with Crippen molar-refractivity contribution in [3.63, 3.8) is 0 Å². The standard InChI is InChI=1S/C39H49N4O6.2BrH/c1-30(38(46)48-5)28-42(3)23-19-40(20-24-42)34-13-7-32(8-14-34)11-17-36(44)27-37(45)18-12-33-9-15-35(16-10-33)41-21-25-43(4,26-22-41)29-31(2)39(47)49-6;;/h7-18,27H,1-2,19-26,28-29H2,3-6H3;2*1H/q+1;;/p-1/b17-11+,18-12+;;. The van der Waals surface area contributed by atoms with E-state index in [4.69, 9.17) is 9.47 Å². The van der Waals surface area contributed by atoms with E-state index in [0.717, 1.165) is 83.8 Å². The number of benzene rings is 2. The third-order valence-corrected chi connectivity index (χ3v) is 9.43. The number of aliphatic hydroxyl groups is 1. The minimum Gasteiger partial charge on any atom is -1.00 e. The third kappa shape index (κ3) is 12.6. The molecule has 2 aromatic carbocycles. The summed E-state index contributed by atoms with van der Waals surface area (Å²) in [6, 6.07) is 16.1. The largest absolute Gasteiger partial charge is 1.00 e. The molecule has 2 saturated heterocycles. The Balaban J connectivity index is 0.00000451. The highest BCUT2D eigenvalue weighted by atomic mass is 79.9. The molecule has 0 atom stereocenters. The number of piperazine rings is 2. The number of aliphatic hydroxyl groups excluding tert-OH is 1. The molecule has 276 valence electrons. The third-order valence-electron chi connectivity index (χ3n) is 9.43. The summed E-state index contributed by atoms with van der Waals surface area (Å²) < 4.78 is 11.1. The fourth-order valence-electron chi connectivity index (χ4n) is 6.26. The molecule has 2 aromatic rings. The number of allylic oxidation sites excluding steroid dienone is 3. The van der Waals surface area contributed by atoms with Crippen molar-refractivity contribution < 1.29 is 71.9 Å². The Morgan fingerprint density at radius 3 is 1.39 bits per heavy atom. The van der Waals surface area contributed by atoms with Gasteiger partial charge in [0.25, 0.3) is 0 Å². The van der Waals surface area contributed by atoms with Crippen LogP contribution in [0.3, 0.4) is 0 Å². The maximum Gasteiger partial charge on any atom is 0.338 e. The van der Waals surface area contributed by atoms with Gasteiger partial charge in [0.05, 0.1) is 91.8 Å². The van der Waals surface area contributed by atoms with Crippen molar-refractivity contribution in [1.29, 1.82) is 0 Å². The molecule has 0 aliphatic carbocycles. The average Bonchev–Trinajstić information content (AvgIpc) is 3.10. The number of anilines is 2. The van der Waals surface area contributed by atoms with Gasteiger partial charge in [-0.1, -0.05) is 49.6 Å². The second-order valence-corrected chi connectivity index (χ2v) is 13.4. The summed E-state index contributed by atoms with van der Waals surface area (Å²) in [5.74, 6) is -1.14. The number of carbonyl (C=O) groups is 3. The van der Waals surface area contributed by atoms with Crippen LogP contribution in [0.25, 0.3) is 12.2 Å². The van der Waals surface area contributed by atoms with Crippen molar-refractivity contribution in [2.24, 2.45) is 0 Å². The predicted octanol–water partition coefficient (Wildman–Crippen LogP) is -1.58. The average molecular weight is 831 g/mol. The monoisotopic (exact) mass is 828 g/mol. The van der Waals surface area contributed by atoms with Crippen LogP contribution < -0.4 is 43.8 Å². The van der Waals surface area contributed by atoms with E-state index in [1.54, 1.807) is 12.2 Å². The molecule has 0 amide bonds. The number of likely N-dealkylation sites (N-methyl/N-ethyl adjacent to an activating group) is 2. The normalized spacial score (nSPS) is 16.9. The summed E-state index contributed by atoms with van der Waals surface area (Å²) in [5.41, 5.74) is 5.00. The Hall–Kier alpha value is -3.97. The number of ketones is 1. The molecule has 1 N–H and O–H groups in total. The number of halogens is 2. The van der Waals surface area contributed by atoms with Gasteiger partial charge in [-0.3, -0.25) is 4.79 Å². The molecular formula is C39H50Br2N4O6. The van der Waals surface area contributed by atoms with Gasteiger partial charge in [-0.2, -0.15) is 0 Å². The lowest BCUT2D eigenvalue weighted by Gasteiger charge is -2.43. The molecule has 10 nitrogen and oxygen atoms in total. The summed E-state index contributed by atoms with van der Waals surface area (Å²) in [4.78, 5) is 40.7. The van der Waals surface area contributed by atoms with Crippen molar-refractivity contribution in [2.75, 3.05) is 104 Å². The maximum absolute atomic E-state index is 12.5. The molecule has 0 spiro atoms. The number of quaternary nitrogens is 2. The smallest absolute Gasteiger partial charge is 0.338 e. The van der Waals surface area contributed by atoms with Crippen LogP contribution in [0.15, 0.2) is 96.8 Å². The molecule has 0 bridgehead atoms. The Morgan fingerprint density at radius 1 is 0.686 bits per heavy atom. The highest BCUT2D eigenvalue weighted by molar-refractivity contribution is 6.02. The van der Waals surface area contributed by atoms with Gasteiger partial charge in [-0.25, -0.2) is 9.59 Å². The quantitative estimate of drug-likeness (QED) is 0.0852. The van der Waals surface area contributed by atoms with Gasteiger partial charge in [0, 0.05) is 17.5 Å². The van der Waals surface area contributed by atoms with Crippen LogP contribution in [0.2, 0.25) is 0 Å². The second kappa shape index (κ2) is 19.6. The summed E-state index contributed by atoms with van der Waals surface area (Å²) in [6.07, 6.45) is 7.66. The lowest BCUT2D eigenvalue weighted by atomic mass is 10.1. The summed E-state index contributed by atoms with van der Waals surface area (Å²) in [7, 11) is 7.03. The van der Waals surface area contributed by atoms with Gasteiger partial charge in [0.15, 0.2) is 5.78 Å². The minimum atomic E-state index is -0.353. The highest BCUT2D eigenvalue weighted by Crippen LogP contribution is 2.23. The highest BCUT2D eigenvalue weighted by Gasteiger charge is 2.32. The number of hydrogen-bond acceptors (Lipinski definition) is 8. The first-order valence-electron chi connectivity index (χ1n) is 16.5. The van der Waals surface area contributed by atoms with Crippen molar-refractivity contribution in [3.8, 4) is 0 Å². The van der Waals surface area contributed by atoms with Crippen molar-refractivity contribution in [1.82, 2.24) is 0 Å². The zero-order valence-corrected chi connectivity index (χ0v) is 33.2.